The molecule has 0 N–H and O–H groups in total. The Hall–Kier alpha value is -1.69. The Morgan fingerprint density at radius 2 is 1.06 bits per heavy atom. The molecule has 0 atom stereocenters. The van der Waals surface area contributed by atoms with Gasteiger partial charge in [-0.25, -0.2) is 0 Å². The van der Waals surface area contributed by atoms with Gasteiger partial charge in [-0.1, -0.05) is 47.3 Å². The van der Waals surface area contributed by atoms with Crippen molar-refractivity contribution in [1.29, 1.82) is 0 Å². The fourth-order valence-electron chi connectivity index (χ4n) is 3.15. The number of hydrogen-bond donors (Lipinski definition) is 0. The zero-order chi connectivity index (χ0) is 12.9. The molecule has 0 unspecified atom stereocenters. The van der Waals surface area contributed by atoms with Crippen molar-refractivity contribution in [2.45, 2.75) is 13.8 Å². The molecule has 3 aromatic rings. The van der Waals surface area contributed by atoms with Crippen LogP contribution in [0.3, 0.4) is 0 Å². The Labute approximate surface area is 110 Å². The van der Waals surface area contributed by atoms with Crippen LogP contribution in [0.1, 0.15) is 11.1 Å². The Morgan fingerprint density at radius 3 is 1.44 bits per heavy atom. The van der Waals surface area contributed by atoms with Gasteiger partial charge in [0.2, 0.25) is 0 Å². The lowest BCUT2D eigenvalue weighted by atomic mass is 9.80. The quantitative estimate of drug-likeness (QED) is 0.401. The molecule has 0 saturated carbocycles. The van der Waals surface area contributed by atoms with Crippen molar-refractivity contribution in [2.75, 3.05) is 0 Å². The van der Waals surface area contributed by atoms with Crippen molar-refractivity contribution >= 4 is 48.2 Å². The van der Waals surface area contributed by atoms with E-state index in [0.717, 1.165) is 0 Å². The Bertz CT molecular complexity index is 706. The van der Waals surface area contributed by atoms with Gasteiger partial charge in [-0.05, 0) is 46.5 Å². The van der Waals surface area contributed by atoms with Gasteiger partial charge in [0.1, 0.15) is 15.7 Å². The van der Waals surface area contributed by atoms with E-state index >= 15 is 0 Å². The van der Waals surface area contributed by atoms with Crippen LogP contribution in [-0.2, 0) is 0 Å². The Kier molecular flexibility index (Phi) is 2.48. The SMILES string of the molecule is Bc1cccc2c1c(C)c(C)c1c(B)cccc12. The zero-order valence-corrected chi connectivity index (χ0v) is 11.5. The van der Waals surface area contributed by atoms with Crippen LogP contribution < -0.4 is 10.9 Å². The summed E-state index contributed by atoms with van der Waals surface area (Å²) in [7, 11) is 4.41. The summed E-state index contributed by atoms with van der Waals surface area (Å²) in [6.45, 7) is 4.49. The van der Waals surface area contributed by atoms with E-state index < -0.39 is 0 Å². The lowest BCUT2D eigenvalue weighted by Crippen LogP contribution is -2.10. The topological polar surface area (TPSA) is 0 Å². The number of fused-ring (bicyclic) bond motifs is 3. The molecule has 0 saturated heterocycles. The summed E-state index contributed by atoms with van der Waals surface area (Å²) < 4.78 is 0. The molecular weight excluding hydrogens is 214 g/mol. The minimum Gasteiger partial charge on any atom is -0.0810 e. The van der Waals surface area contributed by atoms with Crippen LogP contribution in [0.5, 0.6) is 0 Å². The van der Waals surface area contributed by atoms with Crippen LogP contribution in [0, 0.1) is 13.8 Å². The molecule has 18 heavy (non-hydrogen) atoms. The van der Waals surface area contributed by atoms with E-state index in [4.69, 9.17) is 0 Å². The maximum atomic E-state index is 2.25. The van der Waals surface area contributed by atoms with Crippen molar-refractivity contribution < 1.29 is 0 Å². The van der Waals surface area contributed by atoms with Crippen LogP contribution in [-0.4, -0.2) is 15.7 Å². The smallest absolute Gasteiger partial charge is 0.0810 e. The lowest BCUT2D eigenvalue weighted by molar-refractivity contribution is 1.42. The second kappa shape index (κ2) is 3.91. The molecular formula is C16H16B2. The standard InChI is InChI=1S/C16H16B2/c1-9-10(2)16-12(6-4-8-14(16)18)11-5-3-7-13(17)15(9)11/h3-8H,17-18H2,1-2H3. The normalized spacial score (nSPS) is 11.2. The van der Waals surface area contributed by atoms with Crippen LogP contribution >= 0.6 is 0 Å². The highest BCUT2D eigenvalue weighted by atomic mass is 14.1. The highest BCUT2D eigenvalue weighted by Crippen LogP contribution is 2.29. The van der Waals surface area contributed by atoms with Gasteiger partial charge in [-0.15, -0.1) is 0 Å². The zero-order valence-electron chi connectivity index (χ0n) is 11.5. The average molecular weight is 230 g/mol. The molecule has 0 aromatic heterocycles. The van der Waals surface area contributed by atoms with E-state index in [9.17, 15) is 0 Å². The van der Waals surface area contributed by atoms with Crippen molar-refractivity contribution in [2.24, 2.45) is 0 Å². The maximum absolute atomic E-state index is 2.25. The molecule has 0 spiro atoms. The van der Waals surface area contributed by atoms with Gasteiger partial charge >= 0.3 is 0 Å². The van der Waals surface area contributed by atoms with Gasteiger partial charge in [-0.2, -0.15) is 0 Å². The lowest BCUT2D eigenvalue weighted by Gasteiger charge is -2.15. The number of hydrogen-bond acceptors (Lipinski definition) is 0. The van der Waals surface area contributed by atoms with Gasteiger partial charge in [0, 0.05) is 0 Å². The summed E-state index contributed by atoms with van der Waals surface area (Å²) >= 11 is 0. The predicted octanol–water partition coefficient (Wildman–Crippen LogP) is 1.13. The number of rotatable bonds is 0. The molecule has 0 aliphatic carbocycles. The predicted molar refractivity (Wildman–Crippen MR) is 87.3 cm³/mol. The van der Waals surface area contributed by atoms with Gasteiger partial charge in [-0.3, -0.25) is 0 Å². The molecule has 0 amide bonds. The summed E-state index contributed by atoms with van der Waals surface area (Å²) in [5.41, 5.74) is 5.59. The summed E-state index contributed by atoms with van der Waals surface area (Å²) in [6, 6.07) is 13.2. The molecule has 2 heteroatoms. The largest absolute Gasteiger partial charge is 0.140 e. The second-order valence-electron chi connectivity index (χ2n) is 5.24. The minimum atomic E-state index is 1.37. The van der Waals surface area contributed by atoms with Gasteiger partial charge in [0.15, 0.2) is 0 Å². The highest BCUT2D eigenvalue weighted by molar-refractivity contribution is 6.43. The first kappa shape index (κ1) is 11.4. The minimum absolute atomic E-state index is 1.37. The maximum Gasteiger partial charge on any atom is 0.140 e. The van der Waals surface area contributed by atoms with E-state index in [2.05, 4.69) is 65.9 Å². The second-order valence-corrected chi connectivity index (χ2v) is 5.24. The monoisotopic (exact) mass is 230 g/mol. The Morgan fingerprint density at radius 1 is 0.667 bits per heavy atom. The van der Waals surface area contributed by atoms with Gasteiger partial charge < -0.3 is 0 Å². The summed E-state index contributed by atoms with van der Waals surface area (Å²) in [6.07, 6.45) is 0. The van der Waals surface area contributed by atoms with Gasteiger partial charge in [0.25, 0.3) is 0 Å². The summed E-state index contributed by atoms with van der Waals surface area (Å²) in [5, 5.41) is 5.62. The third-order valence-corrected chi connectivity index (χ3v) is 4.15. The van der Waals surface area contributed by atoms with E-state index in [1.54, 1.807) is 0 Å². The third kappa shape index (κ3) is 1.42. The molecule has 3 rings (SSSR count). The van der Waals surface area contributed by atoms with Crippen molar-refractivity contribution in [1.82, 2.24) is 0 Å². The molecule has 0 radical (unpaired) electrons. The van der Waals surface area contributed by atoms with Gasteiger partial charge in [0.05, 0.1) is 0 Å². The fraction of sp³-hybridized carbons (Fsp3) is 0.125. The Balaban J connectivity index is 2.72. The number of aryl methyl sites for hydroxylation is 2. The third-order valence-electron chi connectivity index (χ3n) is 4.15. The molecule has 0 heterocycles. The molecule has 3 aromatic carbocycles. The molecule has 86 valence electrons. The van der Waals surface area contributed by atoms with E-state index in [1.165, 1.54) is 43.6 Å². The van der Waals surface area contributed by atoms with Crippen molar-refractivity contribution in [3.05, 3.63) is 47.5 Å². The van der Waals surface area contributed by atoms with E-state index in [1.807, 2.05) is 0 Å². The van der Waals surface area contributed by atoms with E-state index in [-0.39, 0.29) is 0 Å². The first-order valence-electron chi connectivity index (χ1n) is 6.49. The fourth-order valence-corrected chi connectivity index (χ4v) is 3.15. The number of benzene rings is 3. The molecule has 0 aliphatic heterocycles. The first-order chi connectivity index (χ1) is 8.61. The average Bonchev–Trinajstić information content (AvgIpc) is 2.35. The van der Waals surface area contributed by atoms with Crippen molar-refractivity contribution in [3.8, 4) is 0 Å². The molecule has 0 aliphatic rings. The van der Waals surface area contributed by atoms with Crippen LogP contribution in [0.2, 0.25) is 0 Å². The van der Waals surface area contributed by atoms with E-state index in [0.29, 0.717) is 0 Å². The molecule has 0 bridgehead atoms. The van der Waals surface area contributed by atoms with Crippen LogP contribution in [0.25, 0.3) is 21.5 Å². The van der Waals surface area contributed by atoms with Crippen LogP contribution in [0.15, 0.2) is 36.4 Å². The van der Waals surface area contributed by atoms with Crippen LogP contribution in [0.4, 0.5) is 0 Å². The van der Waals surface area contributed by atoms with Crippen molar-refractivity contribution in [3.63, 3.8) is 0 Å². The highest BCUT2D eigenvalue weighted by Gasteiger charge is 2.10. The summed E-state index contributed by atoms with van der Waals surface area (Å²) in [4.78, 5) is 0. The molecule has 0 nitrogen and oxygen atoms in total. The molecule has 0 fully saturated rings. The summed E-state index contributed by atoms with van der Waals surface area (Å²) in [5.74, 6) is 0. The first-order valence-corrected chi connectivity index (χ1v) is 6.49.